The van der Waals surface area contributed by atoms with E-state index in [1.807, 2.05) is 24.3 Å². The van der Waals surface area contributed by atoms with Crippen molar-refractivity contribution in [2.45, 2.75) is 27.3 Å². The Kier molecular flexibility index (Phi) is 4.47. The lowest BCUT2D eigenvalue weighted by atomic mass is 10.1. The first-order valence-electron chi connectivity index (χ1n) is 7.90. The smallest absolute Gasteiger partial charge is 0.253 e. The molecule has 2 N–H and O–H groups in total. The number of ketones is 1. The van der Waals surface area contributed by atoms with E-state index < -0.39 is 0 Å². The van der Waals surface area contributed by atoms with E-state index in [1.54, 1.807) is 24.9 Å². The highest BCUT2D eigenvalue weighted by Crippen LogP contribution is 2.19. The van der Waals surface area contributed by atoms with Crippen LogP contribution in [0.1, 0.15) is 44.6 Å². The number of hydrogen-bond donors (Lipinski definition) is 2. The van der Waals surface area contributed by atoms with E-state index in [-0.39, 0.29) is 11.7 Å². The molecule has 0 atom stereocenters. The first-order chi connectivity index (χ1) is 12.0. The number of carbonyl (C=O) groups excluding carboxylic acids is 2. The van der Waals surface area contributed by atoms with Gasteiger partial charge in [0.25, 0.3) is 5.91 Å². The van der Waals surface area contributed by atoms with Gasteiger partial charge in [-0.05, 0) is 31.0 Å². The first kappa shape index (κ1) is 16.6. The maximum Gasteiger partial charge on any atom is 0.253 e. The molecule has 0 bridgehead atoms. The van der Waals surface area contributed by atoms with Crippen LogP contribution in [0.3, 0.4) is 0 Å². The minimum atomic E-state index is -0.216. The second-order valence-corrected chi connectivity index (χ2v) is 5.83. The Morgan fingerprint density at radius 3 is 2.64 bits per heavy atom. The molecule has 0 aliphatic heterocycles. The fourth-order valence-corrected chi connectivity index (χ4v) is 2.92. The predicted molar refractivity (Wildman–Crippen MR) is 92.8 cm³/mol. The van der Waals surface area contributed by atoms with Gasteiger partial charge in [0.1, 0.15) is 12.7 Å². The number of nitrogens with one attached hydrogen (secondary N) is 2. The minimum absolute atomic E-state index is 0.0869. The molecule has 3 aromatic rings. The fraction of sp³-hybridized carbons (Fsp3) is 0.222. The number of para-hydroxylation sites is 1. The maximum atomic E-state index is 12.6. The minimum Gasteiger partial charge on any atom is -0.355 e. The Labute approximate surface area is 145 Å². The van der Waals surface area contributed by atoms with Crippen LogP contribution in [0.25, 0.3) is 5.69 Å². The number of hydrogen-bond acceptors (Lipinski definition) is 4. The van der Waals surface area contributed by atoms with Crippen LogP contribution in [0, 0.1) is 13.8 Å². The Balaban J connectivity index is 1.82. The number of rotatable bonds is 5. The van der Waals surface area contributed by atoms with Crippen LogP contribution < -0.4 is 5.32 Å². The molecule has 0 aliphatic rings. The summed E-state index contributed by atoms with van der Waals surface area (Å²) in [6, 6.07) is 7.65. The number of Topliss-reactive ketones (excluding diaryl/α,β-unsaturated/α-hetero) is 1. The predicted octanol–water partition coefficient (Wildman–Crippen LogP) is 2.34. The van der Waals surface area contributed by atoms with Gasteiger partial charge in [0.2, 0.25) is 0 Å². The second kappa shape index (κ2) is 6.72. The molecule has 1 amide bonds. The van der Waals surface area contributed by atoms with E-state index in [9.17, 15) is 9.59 Å². The molecule has 2 aromatic heterocycles. The Hall–Kier alpha value is -3.22. The summed E-state index contributed by atoms with van der Waals surface area (Å²) in [7, 11) is 0. The first-order valence-corrected chi connectivity index (χ1v) is 7.90. The standard InChI is InChI=1S/C18H19N5O2/c1-11-16(12(2)22-17(11)13(3)24)18(25)20-8-14-6-4-5-7-15(14)23-10-19-9-21-23/h4-7,9-10,22H,8H2,1-3H3,(H,20,25). The molecule has 2 heterocycles. The Morgan fingerprint density at radius 2 is 2.00 bits per heavy atom. The van der Waals surface area contributed by atoms with Crippen molar-refractivity contribution in [2.24, 2.45) is 0 Å². The summed E-state index contributed by atoms with van der Waals surface area (Å²) in [5, 5.41) is 7.05. The van der Waals surface area contributed by atoms with Gasteiger partial charge in [-0.3, -0.25) is 9.59 Å². The highest BCUT2D eigenvalue weighted by atomic mass is 16.1. The summed E-state index contributed by atoms with van der Waals surface area (Å²) in [5.74, 6) is -0.302. The third kappa shape index (κ3) is 3.21. The summed E-state index contributed by atoms with van der Waals surface area (Å²) in [5.41, 5.74) is 4.12. The summed E-state index contributed by atoms with van der Waals surface area (Å²) >= 11 is 0. The van der Waals surface area contributed by atoms with E-state index in [0.717, 1.165) is 11.3 Å². The quantitative estimate of drug-likeness (QED) is 0.699. The third-order valence-electron chi connectivity index (χ3n) is 4.11. The maximum absolute atomic E-state index is 12.6. The van der Waals surface area contributed by atoms with Gasteiger partial charge in [-0.15, -0.1) is 0 Å². The molecule has 7 heteroatoms. The molecule has 0 spiro atoms. The van der Waals surface area contributed by atoms with Gasteiger partial charge in [0, 0.05) is 19.2 Å². The molecule has 0 saturated carbocycles. The topological polar surface area (TPSA) is 92.7 Å². The molecule has 7 nitrogen and oxygen atoms in total. The SMILES string of the molecule is CC(=O)c1[nH]c(C)c(C(=O)NCc2ccccc2-n2cncn2)c1C. The van der Waals surface area contributed by atoms with Crippen molar-refractivity contribution in [1.29, 1.82) is 0 Å². The van der Waals surface area contributed by atoms with Crippen molar-refractivity contribution in [3.8, 4) is 5.69 Å². The number of nitrogens with zero attached hydrogens (tertiary/aromatic N) is 3. The van der Waals surface area contributed by atoms with Crippen molar-refractivity contribution >= 4 is 11.7 Å². The van der Waals surface area contributed by atoms with Gasteiger partial charge < -0.3 is 10.3 Å². The van der Waals surface area contributed by atoms with E-state index >= 15 is 0 Å². The van der Waals surface area contributed by atoms with Crippen LogP contribution in [0.5, 0.6) is 0 Å². The number of benzene rings is 1. The lowest BCUT2D eigenvalue weighted by molar-refractivity contribution is 0.0949. The van der Waals surface area contributed by atoms with Gasteiger partial charge >= 0.3 is 0 Å². The van der Waals surface area contributed by atoms with Gasteiger partial charge in [-0.1, -0.05) is 18.2 Å². The van der Waals surface area contributed by atoms with E-state index in [0.29, 0.717) is 29.1 Å². The number of amides is 1. The van der Waals surface area contributed by atoms with Gasteiger partial charge in [-0.2, -0.15) is 5.10 Å². The summed E-state index contributed by atoms with van der Waals surface area (Å²) in [6.45, 7) is 5.39. The van der Waals surface area contributed by atoms with E-state index in [1.165, 1.54) is 13.3 Å². The monoisotopic (exact) mass is 337 g/mol. The van der Waals surface area contributed by atoms with Crippen LogP contribution in [0.4, 0.5) is 0 Å². The fourth-order valence-electron chi connectivity index (χ4n) is 2.92. The second-order valence-electron chi connectivity index (χ2n) is 5.83. The molecule has 0 saturated heterocycles. The largest absolute Gasteiger partial charge is 0.355 e. The van der Waals surface area contributed by atoms with Gasteiger partial charge in [0.05, 0.1) is 16.9 Å². The molecule has 3 rings (SSSR count). The number of aryl methyl sites for hydroxylation is 1. The lowest BCUT2D eigenvalue weighted by Gasteiger charge is -2.10. The zero-order valence-electron chi connectivity index (χ0n) is 14.3. The summed E-state index contributed by atoms with van der Waals surface area (Å²) in [6.07, 6.45) is 3.07. The van der Waals surface area contributed by atoms with E-state index in [4.69, 9.17) is 0 Å². The number of aromatic amines is 1. The van der Waals surface area contributed by atoms with Crippen LogP contribution in [-0.2, 0) is 6.54 Å². The molecule has 0 fully saturated rings. The van der Waals surface area contributed by atoms with Crippen molar-refractivity contribution in [1.82, 2.24) is 25.1 Å². The Morgan fingerprint density at radius 1 is 1.24 bits per heavy atom. The number of aromatic nitrogens is 4. The molecule has 128 valence electrons. The van der Waals surface area contributed by atoms with Crippen molar-refractivity contribution in [3.05, 3.63) is 65.0 Å². The normalized spacial score (nSPS) is 10.7. The van der Waals surface area contributed by atoms with Crippen molar-refractivity contribution in [3.63, 3.8) is 0 Å². The number of H-pyrrole nitrogens is 1. The highest BCUT2D eigenvalue weighted by Gasteiger charge is 2.20. The lowest BCUT2D eigenvalue weighted by Crippen LogP contribution is -2.24. The van der Waals surface area contributed by atoms with Gasteiger partial charge in [0.15, 0.2) is 5.78 Å². The molecule has 0 radical (unpaired) electrons. The average molecular weight is 337 g/mol. The summed E-state index contributed by atoms with van der Waals surface area (Å²) < 4.78 is 1.65. The molecule has 25 heavy (non-hydrogen) atoms. The van der Waals surface area contributed by atoms with Crippen LogP contribution >= 0.6 is 0 Å². The summed E-state index contributed by atoms with van der Waals surface area (Å²) in [4.78, 5) is 31.2. The molecule has 0 aliphatic carbocycles. The number of carbonyl (C=O) groups is 2. The van der Waals surface area contributed by atoms with Crippen LogP contribution in [0.2, 0.25) is 0 Å². The van der Waals surface area contributed by atoms with Crippen LogP contribution in [-0.4, -0.2) is 31.4 Å². The Bertz CT molecular complexity index is 925. The zero-order chi connectivity index (χ0) is 18.0. The van der Waals surface area contributed by atoms with E-state index in [2.05, 4.69) is 20.4 Å². The van der Waals surface area contributed by atoms with Gasteiger partial charge in [-0.25, -0.2) is 9.67 Å². The van der Waals surface area contributed by atoms with Crippen molar-refractivity contribution < 1.29 is 9.59 Å². The molecule has 1 aromatic carbocycles. The zero-order valence-corrected chi connectivity index (χ0v) is 14.3. The molecular formula is C18H19N5O2. The average Bonchev–Trinajstić information content (AvgIpc) is 3.21. The molecule has 0 unspecified atom stereocenters. The highest BCUT2D eigenvalue weighted by molar-refractivity contribution is 6.02. The molecular weight excluding hydrogens is 318 g/mol. The van der Waals surface area contributed by atoms with Crippen LogP contribution in [0.15, 0.2) is 36.9 Å². The third-order valence-corrected chi connectivity index (χ3v) is 4.11. The van der Waals surface area contributed by atoms with Crippen molar-refractivity contribution in [2.75, 3.05) is 0 Å².